The zero-order valence-electron chi connectivity index (χ0n) is 11.6. The summed E-state index contributed by atoms with van der Waals surface area (Å²) < 4.78 is 23.7. The van der Waals surface area contributed by atoms with Crippen molar-refractivity contribution in [1.82, 2.24) is 10.1 Å². The highest BCUT2D eigenvalue weighted by Crippen LogP contribution is 2.22. The molecule has 0 radical (unpaired) electrons. The molecule has 0 aliphatic carbocycles. The first-order valence-corrected chi connectivity index (χ1v) is 6.49. The smallest absolute Gasteiger partial charge is 0.258 e. The minimum atomic E-state index is -0.843. The van der Waals surface area contributed by atoms with Gasteiger partial charge in [0.1, 0.15) is 11.4 Å². The number of hydrogen-bond acceptors (Lipinski definition) is 5. The first-order valence-electron chi connectivity index (χ1n) is 6.49. The highest BCUT2D eigenvalue weighted by atomic mass is 19.1. The van der Waals surface area contributed by atoms with Crippen LogP contribution in [0.2, 0.25) is 0 Å². The van der Waals surface area contributed by atoms with Gasteiger partial charge in [-0.05, 0) is 31.5 Å². The second kappa shape index (κ2) is 6.11. The standard InChI is InChI=1S/C14H18FN3O2/c1-3-7-19-9-14(2,16)13-17-12(20-18-13)10-5-4-6-11(15)8-10/h4-6,8H,3,7,9,16H2,1-2H3. The van der Waals surface area contributed by atoms with Crippen molar-refractivity contribution < 1.29 is 13.7 Å². The van der Waals surface area contributed by atoms with Gasteiger partial charge in [0.2, 0.25) is 0 Å². The molecule has 1 unspecified atom stereocenters. The Morgan fingerprint density at radius 3 is 2.95 bits per heavy atom. The fourth-order valence-electron chi connectivity index (χ4n) is 1.69. The van der Waals surface area contributed by atoms with Crippen LogP contribution in [0.4, 0.5) is 4.39 Å². The molecule has 0 bridgehead atoms. The van der Waals surface area contributed by atoms with Crippen molar-refractivity contribution in [3.05, 3.63) is 35.9 Å². The van der Waals surface area contributed by atoms with Crippen molar-refractivity contribution in [1.29, 1.82) is 0 Å². The third-order valence-electron chi connectivity index (χ3n) is 2.76. The molecule has 5 nitrogen and oxygen atoms in total. The predicted octanol–water partition coefficient (Wildman–Crippen LogP) is 2.48. The van der Waals surface area contributed by atoms with E-state index in [1.165, 1.54) is 12.1 Å². The van der Waals surface area contributed by atoms with Gasteiger partial charge in [0.25, 0.3) is 5.89 Å². The molecule has 2 aromatic rings. The van der Waals surface area contributed by atoms with E-state index in [-0.39, 0.29) is 11.7 Å². The highest BCUT2D eigenvalue weighted by molar-refractivity contribution is 5.52. The molecule has 0 amide bonds. The van der Waals surface area contributed by atoms with E-state index in [1.54, 1.807) is 19.1 Å². The van der Waals surface area contributed by atoms with Crippen LogP contribution in [0.25, 0.3) is 11.5 Å². The third-order valence-corrected chi connectivity index (χ3v) is 2.76. The van der Waals surface area contributed by atoms with Crippen molar-refractivity contribution >= 4 is 0 Å². The highest BCUT2D eigenvalue weighted by Gasteiger charge is 2.28. The minimum Gasteiger partial charge on any atom is -0.379 e. The van der Waals surface area contributed by atoms with Crippen LogP contribution in [0.15, 0.2) is 28.8 Å². The molecule has 0 aliphatic rings. The number of halogens is 1. The first kappa shape index (κ1) is 14.6. The molecular formula is C14H18FN3O2. The number of nitrogens with two attached hydrogens (primary N) is 1. The summed E-state index contributed by atoms with van der Waals surface area (Å²) in [5, 5.41) is 3.86. The lowest BCUT2D eigenvalue weighted by Gasteiger charge is -2.19. The van der Waals surface area contributed by atoms with Crippen molar-refractivity contribution in [2.45, 2.75) is 25.8 Å². The molecule has 0 fully saturated rings. The van der Waals surface area contributed by atoms with Gasteiger partial charge in [-0.2, -0.15) is 4.98 Å². The fourth-order valence-corrected chi connectivity index (χ4v) is 1.69. The number of ether oxygens (including phenoxy) is 1. The molecule has 1 aromatic heterocycles. The van der Waals surface area contributed by atoms with Gasteiger partial charge in [-0.15, -0.1) is 0 Å². The molecule has 0 saturated carbocycles. The van der Waals surface area contributed by atoms with Crippen molar-refractivity contribution in [3.8, 4) is 11.5 Å². The number of hydrogen-bond donors (Lipinski definition) is 1. The van der Waals surface area contributed by atoms with Gasteiger partial charge in [0, 0.05) is 12.2 Å². The quantitative estimate of drug-likeness (QED) is 0.822. The van der Waals surface area contributed by atoms with Gasteiger partial charge in [0.05, 0.1) is 6.61 Å². The summed E-state index contributed by atoms with van der Waals surface area (Å²) in [6.45, 7) is 4.71. The monoisotopic (exact) mass is 279 g/mol. The van der Waals surface area contributed by atoms with Crippen LogP contribution in [-0.4, -0.2) is 23.4 Å². The molecule has 1 atom stereocenters. The molecule has 108 valence electrons. The minimum absolute atomic E-state index is 0.242. The molecule has 2 rings (SSSR count). The molecule has 6 heteroatoms. The van der Waals surface area contributed by atoms with Gasteiger partial charge < -0.3 is 15.0 Å². The maximum atomic E-state index is 13.2. The summed E-state index contributed by atoms with van der Waals surface area (Å²) >= 11 is 0. The number of nitrogens with zero attached hydrogens (tertiary/aromatic N) is 2. The molecule has 2 N–H and O–H groups in total. The lowest BCUT2D eigenvalue weighted by atomic mass is 10.1. The Labute approximate surface area is 116 Å². The van der Waals surface area contributed by atoms with E-state index in [0.29, 0.717) is 24.6 Å². The van der Waals surface area contributed by atoms with Crippen LogP contribution in [0.5, 0.6) is 0 Å². The molecule has 0 spiro atoms. The van der Waals surface area contributed by atoms with Crippen LogP contribution in [0.3, 0.4) is 0 Å². The first-order chi connectivity index (χ1) is 9.53. The lowest BCUT2D eigenvalue weighted by Crippen LogP contribution is -2.39. The number of rotatable bonds is 6. The summed E-state index contributed by atoms with van der Waals surface area (Å²) in [7, 11) is 0. The number of benzene rings is 1. The average molecular weight is 279 g/mol. The Kier molecular flexibility index (Phi) is 4.46. The van der Waals surface area contributed by atoms with Gasteiger partial charge in [-0.1, -0.05) is 18.1 Å². The Bertz CT molecular complexity index is 569. The molecule has 20 heavy (non-hydrogen) atoms. The third kappa shape index (κ3) is 3.40. The summed E-state index contributed by atoms with van der Waals surface area (Å²) in [6.07, 6.45) is 0.914. The molecule has 0 aliphatic heterocycles. The molecule has 0 saturated heterocycles. The maximum Gasteiger partial charge on any atom is 0.258 e. The van der Waals surface area contributed by atoms with Crippen LogP contribution in [-0.2, 0) is 10.3 Å². The number of aromatic nitrogens is 2. The van der Waals surface area contributed by atoms with E-state index in [0.717, 1.165) is 6.42 Å². The maximum absolute atomic E-state index is 13.2. The van der Waals surface area contributed by atoms with E-state index in [1.807, 2.05) is 6.92 Å². The summed E-state index contributed by atoms with van der Waals surface area (Å²) in [6, 6.07) is 5.97. The Morgan fingerprint density at radius 1 is 1.45 bits per heavy atom. The van der Waals surface area contributed by atoms with E-state index in [9.17, 15) is 4.39 Å². The van der Waals surface area contributed by atoms with Crippen LogP contribution < -0.4 is 5.73 Å². The average Bonchev–Trinajstić information content (AvgIpc) is 2.89. The fraction of sp³-hybridized carbons (Fsp3) is 0.429. The predicted molar refractivity (Wildman–Crippen MR) is 72.3 cm³/mol. The van der Waals surface area contributed by atoms with Gasteiger partial charge in [0.15, 0.2) is 5.82 Å². The summed E-state index contributed by atoms with van der Waals surface area (Å²) in [5.74, 6) is 0.226. The van der Waals surface area contributed by atoms with E-state index in [4.69, 9.17) is 15.0 Å². The van der Waals surface area contributed by atoms with Gasteiger partial charge in [-0.3, -0.25) is 0 Å². The van der Waals surface area contributed by atoms with E-state index < -0.39 is 5.54 Å². The van der Waals surface area contributed by atoms with Crippen molar-refractivity contribution in [3.63, 3.8) is 0 Å². The zero-order chi connectivity index (χ0) is 14.6. The van der Waals surface area contributed by atoms with Crippen LogP contribution in [0.1, 0.15) is 26.1 Å². The largest absolute Gasteiger partial charge is 0.379 e. The molecular weight excluding hydrogens is 261 g/mol. The zero-order valence-corrected chi connectivity index (χ0v) is 11.6. The second-order valence-corrected chi connectivity index (χ2v) is 4.90. The molecule has 1 aromatic carbocycles. The van der Waals surface area contributed by atoms with E-state index in [2.05, 4.69) is 10.1 Å². The van der Waals surface area contributed by atoms with Crippen molar-refractivity contribution in [2.75, 3.05) is 13.2 Å². The van der Waals surface area contributed by atoms with Gasteiger partial charge >= 0.3 is 0 Å². The summed E-state index contributed by atoms with van der Waals surface area (Å²) in [4.78, 5) is 4.22. The second-order valence-electron chi connectivity index (χ2n) is 4.90. The lowest BCUT2D eigenvalue weighted by molar-refractivity contribution is 0.0867. The van der Waals surface area contributed by atoms with E-state index >= 15 is 0 Å². The summed E-state index contributed by atoms with van der Waals surface area (Å²) in [5.41, 5.74) is 5.80. The Balaban J connectivity index is 2.16. The van der Waals surface area contributed by atoms with Crippen molar-refractivity contribution in [2.24, 2.45) is 5.73 Å². The molecule has 1 heterocycles. The van der Waals surface area contributed by atoms with Crippen LogP contribution >= 0.6 is 0 Å². The topological polar surface area (TPSA) is 74.2 Å². The van der Waals surface area contributed by atoms with Crippen LogP contribution in [0, 0.1) is 5.82 Å². The Hall–Kier alpha value is -1.79. The Morgan fingerprint density at radius 2 is 2.25 bits per heavy atom. The SMILES string of the molecule is CCCOCC(C)(N)c1noc(-c2cccc(F)c2)n1. The normalized spacial score (nSPS) is 14.2. The van der Waals surface area contributed by atoms with Gasteiger partial charge in [-0.25, -0.2) is 4.39 Å².